The summed E-state index contributed by atoms with van der Waals surface area (Å²) in [5.41, 5.74) is 2.97. The normalized spacial score (nSPS) is 12.8. The SMILES string of the molecule is Cc1cc(C(C)(C)C)c(C)n1-c1cccc(C(F)(F)F)c1. The van der Waals surface area contributed by atoms with Gasteiger partial charge < -0.3 is 4.57 Å². The number of halogens is 3. The number of benzene rings is 1. The van der Waals surface area contributed by atoms with E-state index in [1.54, 1.807) is 6.07 Å². The standard InChI is InChI=1S/C17H20F3N/c1-11-9-15(16(3,4)5)12(2)21(11)14-8-6-7-13(10-14)17(18,19)20/h6-10H,1-5H3. The Hall–Kier alpha value is -1.71. The van der Waals surface area contributed by atoms with Gasteiger partial charge in [-0.2, -0.15) is 13.2 Å². The summed E-state index contributed by atoms with van der Waals surface area (Å²) in [5, 5.41) is 0. The Morgan fingerprint density at radius 2 is 1.57 bits per heavy atom. The van der Waals surface area contributed by atoms with Crippen LogP contribution in [0.2, 0.25) is 0 Å². The Kier molecular flexibility index (Phi) is 3.68. The summed E-state index contributed by atoms with van der Waals surface area (Å²) in [6.45, 7) is 10.2. The molecule has 0 N–H and O–H groups in total. The highest BCUT2D eigenvalue weighted by molar-refractivity contribution is 5.45. The number of hydrogen-bond donors (Lipinski definition) is 0. The third-order valence-electron chi connectivity index (χ3n) is 3.67. The summed E-state index contributed by atoms with van der Waals surface area (Å²) in [5.74, 6) is 0. The fourth-order valence-electron chi connectivity index (χ4n) is 2.74. The number of hydrogen-bond acceptors (Lipinski definition) is 0. The number of aryl methyl sites for hydroxylation is 1. The first-order valence-electron chi connectivity index (χ1n) is 6.89. The van der Waals surface area contributed by atoms with E-state index in [1.807, 2.05) is 18.4 Å². The molecule has 114 valence electrons. The van der Waals surface area contributed by atoms with Crippen LogP contribution in [0, 0.1) is 13.8 Å². The van der Waals surface area contributed by atoms with Crippen molar-refractivity contribution in [1.29, 1.82) is 0 Å². The van der Waals surface area contributed by atoms with Gasteiger partial charge in [-0.05, 0) is 49.1 Å². The molecular formula is C17H20F3N. The van der Waals surface area contributed by atoms with E-state index in [2.05, 4.69) is 26.8 Å². The Bertz CT molecular complexity index is 658. The lowest BCUT2D eigenvalue weighted by Crippen LogP contribution is -2.13. The van der Waals surface area contributed by atoms with Crippen molar-refractivity contribution in [1.82, 2.24) is 4.57 Å². The molecule has 0 aliphatic rings. The molecule has 1 nitrogen and oxygen atoms in total. The zero-order valence-corrected chi connectivity index (χ0v) is 13.0. The van der Waals surface area contributed by atoms with Crippen LogP contribution in [0.4, 0.5) is 13.2 Å². The minimum absolute atomic E-state index is 0.0399. The Morgan fingerprint density at radius 1 is 0.952 bits per heavy atom. The van der Waals surface area contributed by atoms with Crippen LogP contribution in [0.1, 0.15) is 43.3 Å². The third-order valence-corrected chi connectivity index (χ3v) is 3.67. The maximum atomic E-state index is 12.9. The van der Waals surface area contributed by atoms with E-state index in [4.69, 9.17) is 0 Å². The van der Waals surface area contributed by atoms with Crippen LogP contribution in [-0.4, -0.2) is 4.57 Å². The van der Waals surface area contributed by atoms with Crippen molar-refractivity contribution in [3.05, 3.63) is 52.8 Å². The van der Waals surface area contributed by atoms with E-state index in [1.165, 1.54) is 12.1 Å². The number of aromatic nitrogens is 1. The van der Waals surface area contributed by atoms with Gasteiger partial charge in [0.2, 0.25) is 0 Å². The van der Waals surface area contributed by atoms with Gasteiger partial charge in [0.15, 0.2) is 0 Å². The topological polar surface area (TPSA) is 4.93 Å². The summed E-state index contributed by atoms with van der Waals surface area (Å²) in [7, 11) is 0. The van der Waals surface area contributed by atoms with Crippen molar-refractivity contribution in [2.24, 2.45) is 0 Å². The second kappa shape index (κ2) is 4.93. The molecule has 1 aromatic heterocycles. The van der Waals surface area contributed by atoms with Crippen molar-refractivity contribution < 1.29 is 13.2 Å². The first-order chi connectivity index (χ1) is 9.51. The maximum absolute atomic E-state index is 12.9. The monoisotopic (exact) mass is 295 g/mol. The first kappa shape index (κ1) is 15.7. The molecular weight excluding hydrogens is 275 g/mol. The molecule has 0 atom stereocenters. The van der Waals surface area contributed by atoms with Gasteiger partial charge in [-0.3, -0.25) is 0 Å². The van der Waals surface area contributed by atoms with Crippen molar-refractivity contribution in [2.75, 3.05) is 0 Å². The molecule has 0 aliphatic carbocycles. The fraction of sp³-hybridized carbons (Fsp3) is 0.412. The highest BCUT2D eigenvalue weighted by atomic mass is 19.4. The van der Waals surface area contributed by atoms with E-state index in [-0.39, 0.29) is 5.41 Å². The van der Waals surface area contributed by atoms with Crippen molar-refractivity contribution in [3.63, 3.8) is 0 Å². The van der Waals surface area contributed by atoms with Gasteiger partial charge in [0.1, 0.15) is 0 Å². The smallest absolute Gasteiger partial charge is 0.318 e. The highest BCUT2D eigenvalue weighted by Gasteiger charge is 2.31. The molecule has 0 aliphatic heterocycles. The number of alkyl halides is 3. The molecule has 0 radical (unpaired) electrons. The largest absolute Gasteiger partial charge is 0.416 e. The molecule has 0 fully saturated rings. The van der Waals surface area contributed by atoms with E-state index < -0.39 is 11.7 Å². The van der Waals surface area contributed by atoms with Crippen LogP contribution in [0.5, 0.6) is 0 Å². The summed E-state index contributed by atoms with van der Waals surface area (Å²) >= 11 is 0. The lowest BCUT2D eigenvalue weighted by Gasteiger charge is -2.19. The first-order valence-corrected chi connectivity index (χ1v) is 6.89. The Balaban J connectivity index is 2.61. The predicted octanol–water partition coefficient (Wildman–Crippen LogP) is 5.41. The minimum atomic E-state index is -4.32. The summed E-state index contributed by atoms with van der Waals surface area (Å²) in [6, 6.07) is 7.51. The summed E-state index contributed by atoms with van der Waals surface area (Å²) in [6.07, 6.45) is -4.32. The molecule has 1 aromatic carbocycles. The lowest BCUT2D eigenvalue weighted by molar-refractivity contribution is -0.137. The Labute approximate surface area is 123 Å². The lowest BCUT2D eigenvalue weighted by atomic mass is 9.87. The second-order valence-corrected chi connectivity index (χ2v) is 6.42. The highest BCUT2D eigenvalue weighted by Crippen LogP contribution is 2.33. The van der Waals surface area contributed by atoms with Crippen LogP contribution in [0.3, 0.4) is 0 Å². The zero-order valence-electron chi connectivity index (χ0n) is 13.0. The van der Waals surface area contributed by atoms with Crippen LogP contribution < -0.4 is 0 Å². The van der Waals surface area contributed by atoms with Gasteiger partial charge in [-0.15, -0.1) is 0 Å². The van der Waals surface area contributed by atoms with E-state index in [0.717, 1.165) is 23.0 Å². The molecule has 21 heavy (non-hydrogen) atoms. The molecule has 0 bridgehead atoms. The second-order valence-electron chi connectivity index (χ2n) is 6.42. The number of nitrogens with zero attached hydrogens (tertiary/aromatic N) is 1. The average Bonchev–Trinajstić information content (AvgIpc) is 2.64. The molecule has 2 rings (SSSR count). The molecule has 0 unspecified atom stereocenters. The molecule has 1 heterocycles. The van der Waals surface area contributed by atoms with Crippen molar-refractivity contribution in [2.45, 2.75) is 46.2 Å². The van der Waals surface area contributed by atoms with E-state index in [0.29, 0.717) is 5.69 Å². The van der Waals surface area contributed by atoms with Gasteiger partial charge in [0, 0.05) is 17.1 Å². The molecule has 4 heteroatoms. The van der Waals surface area contributed by atoms with Crippen molar-refractivity contribution >= 4 is 0 Å². The van der Waals surface area contributed by atoms with Gasteiger partial charge in [-0.1, -0.05) is 26.8 Å². The molecule has 2 aromatic rings. The van der Waals surface area contributed by atoms with Gasteiger partial charge in [0.05, 0.1) is 5.56 Å². The molecule has 0 saturated carbocycles. The molecule has 0 saturated heterocycles. The summed E-state index contributed by atoms with van der Waals surface area (Å²) in [4.78, 5) is 0. The van der Waals surface area contributed by atoms with Gasteiger partial charge >= 0.3 is 6.18 Å². The summed E-state index contributed by atoms with van der Waals surface area (Å²) < 4.78 is 40.5. The Morgan fingerprint density at radius 3 is 2.05 bits per heavy atom. The van der Waals surface area contributed by atoms with E-state index in [9.17, 15) is 13.2 Å². The van der Waals surface area contributed by atoms with E-state index >= 15 is 0 Å². The van der Waals surface area contributed by atoms with Crippen LogP contribution >= 0.6 is 0 Å². The zero-order chi connectivity index (χ0) is 16.0. The minimum Gasteiger partial charge on any atom is -0.318 e. The fourth-order valence-corrected chi connectivity index (χ4v) is 2.74. The average molecular weight is 295 g/mol. The van der Waals surface area contributed by atoms with Gasteiger partial charge in [-0.25, -0.2) is 0 Å². The predicted molar refractivity (Wildman–Crippen MR) is 78.9 cm³/mol. The third kappa shape index (κ3) is 2.99. The van der Waals surface area contributed by atoms with Crippen molar-refractivity contribution in [3.8, 4) is 5.69 Å². The quantitative estimate of drug-likeness (QED) is 0.663. The maximum Gasteiger partial charge on any atom is 0.416 e. The van der Waals surface area contributed by atoms with Gasteiger partial charge in [0.25, 0.3) is 0 Å². The molecule has 0 spiro atoms. The van der Waals surface area contributed by atoms with Crippen LogP contribution in [0.25, 0.3) is 5.69 Å². The van der Waals surface area contributed by atoms with Crippen LogP contribution in [0.15, 0.2) is 30.3 Å². The molecule has 0 amide bonds. The van der Waals surface area contributed by atoms with Crippen LogP contribution in [-0.2, 0) is 11.6 Å². The number of rotatable bonds is 1.